The number of amides is 1. The zero-order valence-corrected chi connectivity index (χ0v) is 11.1. The molecule has 0 radical (unpaired) electrons. The molecule has 0 aliphatic carbocycles. The summed E-state index contributed by atoms with van der Waals surface area (Å²) in [4.78, 5) is 14.9. The summed E-state index contributed by atoms with van der Waals surface area (Å²) >= 11 is 0. The lowest BCUT2D eigenvalue weighted by atomic mass is 10.1. The molecule has 3 heterocycles. The number of aliphatic hydroxyl groups excluding tert-OH is 3. The molecule has 22 heavy (non-hydrogen) atoms. The van der Waals surface area contributed by atoms with Gasteiger partial charge < -0.3 is 30.3 Å². The molecule has 1 aliphatic heterocycles. The number of carbonyl (C=O) groups excluding carboxylic acids is 1. The van der Waals surface area contributed by atoms with Crippen molar-refractivity contribution < 1.29 is 29.4 Å². The zero-order chi connectivity index (χ0) is 15.9. The van der Waals surface area contributed by atoms with Crippen LogP contribution in [0.25, 0.3) is 11.5 Å². The van der Waals surface area contributed by atoms with Gasteiger partial charge in [0.05, 0.1) is 6.61 Å². The summed E-state index contributed by atoms with van der Waals surface area (Å²) in [6, 6.07) is 1.28. The van der Waals surface area contributed by atoms with Gasteiger partial charge in [0, 0.05) is 6.07 Å². The van der Waals surface area contributed by atoms with Crippen molar-refractivity contribution in [3.05, 3.63) is 18.2 Å². The maximum Gasteiger partial charge on any atom is 0.287 e. The number of hydrogen-bond donors (Lipinski definition) is 4. The summed E-state index contributed by atoms with van der Waals surface area (Å²) in [5.74, 6) is -0.796. The van der Waals surface area contributed by atoms with Crippen LogP contribution in [-0.4, -0.2) is 66.1 Å². The Bertz CT molecular complexity index is 684. The average Bonchev–Trinajstić information content (AvgIpc) is 3.19. The van der Waals surface area contributed by atoms with Crippen molar-refractivity contribution in [1.29, 1.82) is 0 Å². The summed E-state index contributed by atoms with van der Waals surface area (Å²) in [6.07, 6.45) is -3.17. The van der Waals surface area contributed by atoms with E-state index in [1.54, 1.807) is 0 Å². The van der Waals surface area contributed by atoms with Crippen molar-refractivity contribution in [1.82, 2.24) is 19.9 Å². The molecule has 1 aliphatic rings. The van der Waals surface area contributed by atoms with Gasteiger partial charge in [-0.05, 0) is 0 Å². The third-order valence-corrected chi connectivity index (χ3v) is 3.27. The second-order valence-electron chi connectivity index (χ2n) is 4.72. The molecule has 2 unspecified atom stereocenters. The molecule has 1 amide bonds. The Morgan fingerprint density at radius 3 is 2.77 bits per heavy atom. The zero-order valence-electron chi connectivity index (χ0n) is 11.1. The fourth-order valence-electron chi connectivity index (χ4n) is 2.11. The van der Waals surface area contributed by atoms with E-state index in [2.05, 4.69) is 15.2 Å². The standard InChI is InChI=1S/C11H13N5O6/c12-9(20)5-1-4(15-22-5)10-13-3-16(14-10)11-8(19)7(18)6(2-17)21-11/h1,3,6-8,11,17-19H,2H2,(H2,12,20)/t6-,7?,8?,11-/m1/s1. The number of ether oxygens (including phenoxy) is 1. The van der Waals surface area contributed by atoms with Crippen molar-refractivity contribution >= 4 is 5.91 Å². The molecule has 5 N–H and O–H groups in total. The topological polar surface area (TPSA) is 170 Å². The molecule has 3 rings (SSSR count). The van der Waals surface area contributed by atoms with E-state index in [1.807, 2.05) is 0 Å². The summed E-state index contributed by atoms with van der Waals surface area (Å²) in [5.41, 5.74) is 5.23. The van der Waals surface area contributed by atoms with Gasteiger partial charge in [-0.15, -0.1) is 5.10 Å². The van der Waals surface area contributed by atoms with Gasteiger partial charge in [0.1, 0.15) is 24.6 Å². The lowest BCUT2D eigenvalue weighted by Crippen LogP contribution is -2.33. The Morgan fingerprint density at radius 1 is 1.41 bits per heavy atom. The molecule has 2 aromatic heterocycles. The van der Waals surface area contributed by atoms with E-state index >= 15 is 0 Å². The molecule has 11 nitrogen and oxygen atoms in total. The van der Waals surface area contributed by atoms with Crippen LogP contribution in [0, 0.1) is 0 Å². The van der Waals surface area contributed by atoms with Crippen molar-refractivity contribution in [3.63, 3.8) is 0 Å². The molecule has 0 spiro atoms. The number of primary amides is 1. The van der Waals surface area contributed by atoms with Gasteiger partial charge in [0.25, 0.3) is 5.91 Å². The van der Waals surface area contributed by atoms with Gasteiger partial charge in [-0.3, -0.25) is 4.79 Å². The van der Waals surface area contributed by atoms with E-state index in [0.29, 0.717) is 0 Å². The number of hydrogen-bond acceptors (Lipinski definition) is 9. The van der Waals surface area contributed by atoms with E-state index in [-0.39, 0.29) is 17.3 Å². The second kappa shape index (κ2) is 5.46. The van der Waals surface area contributed by atoms with Crippen LogP contribution in [0.5, 0.6) is 0 Å². The molecule has 1 saturated heterocycles. The predicted octanol–water partition coefficient (Wildman–Crippen LogP) is -2.36. The average molecular weight is 311 g/mol. The number of nitrogens with zero attached hydrogens (tertiary/aromatic N) is 4. The van der Waals surface area contributed by atoms with Crippen molar-refractivity contribution in [2.75, 3.05) is 6.61 Å². The fourth-order valence-corrected chi connectivity index (χ4v) is 2.11. The molecule has 0 saturated carbocycles. The summed E-state index contributed by atoms with van der Waals surface area (Å²) in [5, 5.41) is 36.3. The fraction of sp³-hybridized carbons (Fsp3) is 0.455. The van der Waals surface area contributed by atoms with Crippen LogP contribution in [0.2, 0.25) is 0 Å². The van der Waals surface area contributed by atoms with Crippen molar-refractivity contribution in [2.24, 2.45) is 5.73 Å². The highest BCUT2D eigenvalue weighted by Crippen LogP contribution is 2.29. The number of nitrogens with two attached hydrogens (primary N) is 1. The van der Waals surface area contributed by atoms with Gasteiger partial charge in [0.2, 0.25) is 11.6 Å². The highest BCUT2D eigenvalue weighted by atomic mass is 16.6. The van der Waals surface area contributed by atoms with Gasteiger partial charge in [-0.25, -0.2) is 9.67 Å². The minimum Gasteiger partial charge on any atom is -0.394 e. The summed E-state index contributed by atoms with van der Waals surface area (Å²) in [7, 11) is 0. The first-order valence-corrected chi connectivity index (χ1v) is 6.31. The third kappa shape index (κ3) is 2.35. The third-order valence-electron chi connectivity index (χ3n) is 3.27. The highest BCUT2D eigenvalue weighted by Gasteiger charge is 2.44. The molecule has 118 valence electrons. The highest BCUT2D eigenvalue weighted by molar-refractivity contribution is 5.90. The van der Waals surface area contributed by atoms with E-state index in [0.717, 1.165) is 0 Å². The molecule has 0 aromatic carbocycles. The molecule has 1 fully saturated rings. The Balaban J connectivity index is 1.83. The molecular weight excluding hydrogens is 298 g/mol. The summed E-state index contributed by atoms with van der Waals surface area (Å²) in [6.45, 7) is -0.443. The van der Waals surface area contributed by atoms with Crippen LogP contribution in [-0.2, 0) is 4.74 Å². The van der Waals surface area contributed by atoms with Crippen LogP contribution in [0.3, 0.4) is 0 Å². The Hall–Kier alpha value is -2.34. The number of carbonyl (C=O) groups is 1. The van der Waals surface area contributed by atoms with Crippen LogP contribution >= 0.6 is 0 Å². The van der Waals surface area contributed by atoms with Crippen LogP contribution in [0.4, 0.5) is 0 Å². The largest absolute Gasteiger partial charge is 0.394 e. The minimum atomic E-state index is -1.27. The Kier molecular flexibility index (Phi) is 3.62. The molecule has 4 atom stereocenters. The predicted molar refractivity (Wildman–Crippen MR) is 67.0 cm³/mol. The normalized spacial score (nSPS) is 28.1. The first kappa shape index (κ1) is 14.6. The van der Waals surface area contributed by atoms with E-state index in [1.165, 1.54) is 17.1 Å². The van der Waals surface area contributed by atoms with E-state index in [9.17, 15) is 15.0 Å². The first-order chi connectivity index (χ1) is 10.5. The lowest BCUT2D eigenvalue weighted by molar-refractivity contribution is -0.0587. The molecule has 11 heteroatoms. The SMILES string of the molecule is NC(=O)c1cc(-c2ncn([C@@H]3O[C@H](CO)C(O)C3O)n2)no1. The monoisotopic (exact) mass is 311 g/mol. The van der Waals surface area contributed by atoms with Crippen LogP contribution in [0.15, 0.2) is 16.9 Å². The molecule has 0 bridgehead atoms. The smallest absolute Gasteiger partial charge is 0.287 e. The van der Waals surface area contributed by atoms with Gasteiger partial charge in [0.15, 0.2) is 11.9 Å². The van der Waals surface area contributed by atoms with Crippen molar-refractivity contribution in [2.45, 2.75) is 24.5 Å². The number of aromatic nitrogens is 4. The second-order valence-corrected chi connectivity index (χ2v) is 4.72. The maximum absolute atomic E-state index is 10.9. The maximum atomic E-state index is 10.9. The molecular formula is C11H13N5O6. The first-order valence-electron chi connectivity index (χ1n) is 6.31. The van der Waals surface area contributed by atoms with E-state index in [4.69, 9.17) is 20.1 Å². The lowest BCUT2D eigenvalue weighted by Gasteiger charge is -2.13. The summed E-state index contributed by atoms with van der Waals surface area (Å²) < 4.78 is 11.2. The van der Waals surface area contributed by atoms with Crippen LogP contribution < -0.4 is 5.73 Å². The van der Waals surface area contributed by atoms with Gasteiger partial charge >= 0.3 is 0 Å². The number of aliphatic hydroxyl groups is 3. The quantitative estimate of drug-likeness (QED) is 0.482. The van der Waals surface area contributed by atoms with E-state index < -0.39 is 37.1 Å². The van der Waals surface area contributed by atoms with Gasteiger partial charge in [-0.1, -0.05) is 5.16 Å². The van der Waals surface area contributed by atoms with Gasteiger partial charge in [-0.2, -0.15) is 0 Å². The minimum absolute atomic E-state index is 0.119. The number of rotatable bonds is 4. The Labute approximate surface area is 122 Å². The molecule has 2 aromatic rings. The van der Waals surface area contributed by atoms with Crippen molar-refractivity contribution in [3.8, 4) is 11.5 Å². The van der Waals surface area contributed by atoms with Crippen LogP contribution in [0.1, 0.15) is 16.8 Å². The Morgan fingerprint density at radius 2 is 2.18 bits per heavy atom.